The van der Waals surface area contributed by atoms with Gasteiger partial charge in [-0.05, 0) is 0 Å². The maximum atomic E-state index is 4.72. The monoisotopic (exact) mass is 986 g/mol. The fraction of sp³-hybridized carbons (Fsp3) is 0.316. The second-order valence-electron chi connectivity index (χ2n) is 16.1. The number of hydrogen-bond donors (Lipinski definition) is 0. The zero-order valence-electron chi connectivity index (χ0n) is 32.0. The largest absolute Gasteiger partial charge is 1.00 e. The van der Waals surface area contributed by atoms with Crippen molar-refractivity contribution in [1.29, 1.82) is 0 Å². The predicted molar refractivity (Wildman–Crippen MR) is 235 cm³/mol. The third kappa shape index (κ3) is 13.0. The molecule has 2 aromatic heterocycles. The summed E-state index contributed by atoms with van der Waals surface area (Å²) in [5.74, 6) is 0. The van der Waals surface area contributed by atoms with Crippen LogP contribution in [0.3, 0.4) is 0 Å². The molecule has 12 heteroatoms. The van der Waals surface area contributed by atoms with Crippen molar-refractivity contribution in [3.63, 3.8) is 0 Å². The maximum absolute atomic E-state index is 4.72. The van der Waals surface area contributed by atoms with Crippen LogP contribution in [0.4, 0.5) is 0 Å². The molecular weight excluding hydrogens is 928 g/mol. The standard InChI is InChI=1S/2C19H27GeN2Si2.2Se/c2*1-23(2,3)19(17-14-10-11-15-21-17)18(22(20)24(4,5)6)16-12-8-7-9-13-16;;/h2*7-15H,1-6H3;;/q;;;-1/b2*19-18+;;. The number of hydrogen-bond acceptors (Lipinski definition) is 4. The van der Waals surface area contributed by atoms with E-state index in [2.05, 4.69) is 204 Å². The third-order valence-corrected chi connectivity index (χ3v) is 24.2. The van der Waals surface area contributed by atoms with Crippen molar-refractivity contribution < 1.29 is 0 Å². The molecule has 4 aromatic rings. The summed E-state index contributed by atoms with van der Waals surface area (Å²) in [5.41, 5.74) is 7.58. The Balaban J connectivity index is 0.000000481. The van der Waals surface area contributed by atoms with Gasteiger partial charge in [-0.1, -0.05) is 0 Å². The summed E-state index contributed by atoms with van der Waals surface area (Å²) in [7, 11) is -6.26. The number of rotatable bonds is 10. The van der Waals surface area contributed by atoms with Gasteiger partial charge in [-0.2, -0.15) is 0 Å². The number of aromatic nitrogens is 2. The number of pyridine rings is 2. The van der Waals surface area contributed by atoms with Crippen LogP contribution in [0.5, 0.6) is 0 Å². The fourth-order valence-electron chi connectivity index (χ4n) is 5.38. The van der Waals surface area contributed by atoms with Crippen LogP contribution in [0, 0.1) is 0 Å². The van der Waals surface area contributed by atoms with Crippen LogP contribution >= 0.6 is 0 Å². The van der Waals surface area contributed by atoms with Gasteiger partial charge >= 0.3 is 315 Å². The fourth-order valence-corrected chi connectivity index (χ4v) is 12.7. The molecule has 0 aliphatic rings. The first kappa shape index (κ1) is 46.8. The molecule has 0 amide bonds. The Labute approximate surface area is 346 Å². The molecule has 0 aliphatic carbocycles. The van der Waals surface area contributed by atoms with Crippen LogP contribution in [0.25, 0.3) is 21.8 Å². The topological polar surface area (TPSA) is 32.3 Å². The van der Waals surface area contributed by atoms with Crippen molar-refractivity contribution in [1.82, 2.24) is 17.0 Å². The molecule has 0 N–H and O–H groups in total. The van der Waals surface area contributed by atoms with Gasteiger partial charge in [-0.25, -0.2) is 0 Å². The molecule has 263 valence electrons. The van der Waals surface area contributed by atoms with Crippen LogP contribution in [0.2, 0.25) is 78.6 Å². The minimum absolute atomic E-state index is 0. The van der Waals surface area contributed by atoms with Crippen LogP contribution in [-0.4, -0.2) is 117 Å². The Bertz CT molecular complexity index is 1540. The van der Waals surface area contributed by atoms with E-state index in [0.29, 0.717) is 0 Å². The Morgan fingerprint density at radius 2 is 0.740 bits per heavy atom. The molecule has 0 unspecified atom stereocenters. The summed E-state index contributed by atoms with van der Waals surface area (Å²) < 4.78 is 5.09. The molecule has 2 aromatic carbocycles. The van der Waals surface area contributed by atoms with Gasteiger partial charge in [0.1, 0.15) is 0 Å². The molecular formula is C38H54Ge2N4Se2Si4-. The molecule has 9 radical (unpaired) electrons. The van der Waals surface area contributed by atoms with E-state index in [1.807, 2.05) is 24.5 Å². The molecule has 0 saturated carbocycles. The van der Waals surface area contributed by atoms with Crippen molar-refractivity contribution in [3.8, 4) is 0 Å². The van der Waals surface area contributed by atoms with Crippen LogP contribution < -0.4 is 0 Å². The maximum Gasteiger partial charge on any atom is 0 e. The first-order valence-electron chi connectivity index (χ1n) is 16.7. The van der Waals surface area contributed by atoms with Gasteiger partial charge in [0.15, 0.2) is 0 Å². The zero-order valence-corrected chi connectivity index (χ0v) is 43.6. The molecule has 0 bridgehead atoms. The van der Waals surface area contributed by atoms with E-state index >= 15 is 0 Å². The molecule has 4 rings (SSSR count). The molecule has 50 heavy (non-hydrogen) atoms. The Hall–Kier alpha value is -1.19. The van der Waals surface area contributed by atoms with Gasteiger partial charge in [-0.3, -0.25) is 0 Å². The molecule has 0 spiro atoms. The molecule has 2 heterocycles. The predicted octanol–water partition coefficient (Wildman–Crippen LogP) is 9.33. The first-order chi connectivity index (χ1) is 22.2. The van der Waals surface area contributed by atoms with E-state index in [-0.39, 0.29) is 34.1 Å². The van der Waals surface area contributed by atoms with Crippen LogP contribution in [0.1, 0.15) is 22.5 Å². The van der Waals surface area contributed by atoms with Crippen molar-refractivity contribution in [3.05, 3.63) is 132 Å². The average Bonchev–Trinajstić information content (AvgIpc) is 3.01. The van der Waals surface area contributed by atoms with Crippen molar-refractivity contribution in [2.75, 3.05) is 0 Å². The minimum Gasteiger partial charge on any atom is -1.00 e. The van der Waals surface area contributed by atoms with E-state index in [1.165, 1.54) is 32.9 Å². The molecule has 0 aliphatic heterocycles. The Morgan fingerprint density at radius 3 is 0.960 bits per heavy atom. The number of nitrogens with zero attached hydrogens (tertiary/aromatic N) is 4. The summed E-state index contributed by atoms with van der Waals surface area (Å²) >= 11 is 4.52. The van der Waals surface area contributed by atoms with Gasteiger partial charge < -0.3 is 17.1 Å². The quantitative estimate of drug-likeness (QED) is 0.149. The third-order valence-electron chi connectivity index (χ3n) is 7.70. The van der Waals surface area contributed by atoms with Crippen LogP contribution in [-0.2, 0) is 0 Å². The molecule has 0 atom stereocenters. The molecule has 0 saturated heterocycles. The summed E-state index contributed by atoms with van der Waals surface area (Å²) in [6.45, 7) is 28.9. The normalized spacial score (nSPS) is 12.9. The second-order valence-corrected chi connectivity index (χ2v) is 39.5. The second kappa shape index (κ2) is 19.8. The van der Waals surface area contributed by atoms with E-state index in [1.54, 1.807) is 0 Å². The van der Waals surface area contributed by atoms with Crippen molar-refractivity contribution in [2.45, 2.75) is 78.6 Å². The van der Waals surface area contributed by atoms with Gasteiger partial charge in [0.2, 0.25) is 0 Å². The SMILES string of the molecule is C[Si](C)(C)/C(=C(\c1ccccc1)[N]([Ge])[Si](C)(C)C)c1ccccn1.C[Si](C)(C)/C(=C(\c1ccccc1)[N]([Ge])[Si](C)(C)C)c1ccccn1.[Se-].[Se]. The summed E-state index contributed by atoms with van der Waals surface area (Å²) in [5, 5.41) is 2.89. The summed E-state index contributed by atoms with van der Waals surface area (Å²) in [6.07, 6.45) is 3.82. The van der Waals surface area contributed by atoms with Gasteiger partial charge in [0.05, 0.1) is 0 Å². The van der Waals surface area contributed by atoms with E-state index < -0.39 is 32.6 Å². The molecule has 0 fully saturated rings. The van der Waals surface area contributed by atoms with Gasteiger partial charge in [-0.15, -0.1) is 0 Å². The van der Waals surface area contributed by atoms with Crippen molar-refractivity contribution in [2.24, 2.45) is 0 Å². The number of benzene rings is 2. The smallest absolute Gasteiger partial charge is 0 e. The minimum atomic E-state index is -1.62. The summed E-state index contributed by atoms with van der Waals surface area (Å²) in [6, 6.07) is 34.1. The van der Waals surface area contributed by atoms with Crippen LogP contribution in [0.15, 0.2) is 109 Å². The molecule has 4 nitrogen and oxygen atoms in total. The average molecular weight is 982 g/mol. The van der Waals surface area contributed by atoms with E-state index in [9.17, 15) is 0 Å². The van der Waals surface area contributed by atoms with E-state index in [4.69, 9.17) is 9.97 Å². The van der Waals surface area contributed by atoms with Crippen molar-refractivity contribution >= 4 is 122 Å². The zero-order chi connectivity index (χ0) is 35.9. The Morgan fingerprint density at radius 1 is 0.460 bits per heavy atom. The summed E-state index contributed by atoms with van der Waals surface area (Å²) in [4.78, 5) is 9.44. The van der Waals surface area contributed by atoms with E-state index in [0.717, 1.165) is 11.4 Å². The first-order valence-corrected chi connectivity index (χ1v) is 32.5. The Kier molecular flexibility index (Phi) is 18.5. The van der Waals surface area contributed by atoms with Gasteiger partial charge in [0, 0.05) is 17.1 Å². The van der Waals surface area contributed by atoms with Gasteiger partial charge in [0.25, 0.3) is 0 Å².